The number of nitrogens with one attached hydrogen (secondary N) is 1. The van der Waals surface area contributed by atoms with E-state index in [-0.39, 0.29) is 6.04 Å². The average molecular weight is 342 g/mol. The van der Waals surface area contributed by atoms with E-state index in [4.69, 9.17) is 21.4 Å². The zero-order valence-electron chi connectivity index (χ0n) is 14.0. The Balaban J connectivity index is 2.01. The molecule has 7 heteroatoms. The predicted molar refractivity (Wildman–Crippen MR) is 97.1 cm³/mol. The van der Waals surface area contributed by atoms with Gasteiger partial charge in [-0.15, -0.1) is 11.3 Å². The number of H-pyrrole nitrogens is 1. The molecule has 3 aromatic heterocycles. The topological polar surface area (TPSA) is 106 Å². The molecule has 1 aliphatic rings. The van der Waals surface area contributed by atoms with Crippen LogP contribution in [0.25, 0.3) is 21.6 Å². The number of aryl methyl sites for hydroxylation is 4. The summed E-state index contributed by atoms with van der Waals surface area (Å²) in [7, 11) is 0. The van der Waals surface area contributed by atoms with Gasteiger partial charge >= 0.3 is 0 Å². The molecule has 1 unspecified atom stereocenters. The number of rotatable bonds is 3. The highest BCUT2D eigenvalue weighted by molar-refractivity contribution is 7.18. The van der Waals surface area contributed by atoms with Gasteiger partial charge in [-0.25, -0.2) is 9.97 Å². The second kappa shape index (κ2) is 5.91. The van der Waals surface area contributed by atoms with Crippen LogP contribution < -0.4 is 11.5 Å². The Labute approximate surface area is 144 Å². The van der Waals surface area contributed by atoms with Crippen molar-refractivity contribution >= 4 is 21.6 Å². The molecule has 3 heterocycles. The van der Waals surface area contributed by atoms with Gasteiger partial charge in [0.25, 0.3) is 0 Å². The van der Waals surface area contributed by atoms with Gasteiger partial charge in [0.1, 0.15) is 4.83 Å². The van der Waals surface area contributed by atoms with Gasteiger partial charge in [0.05, 0.1) is 23.0 Å². The lowest BCUT2D eigenvalue weighted by Crippen LogP contribution is -2.23. The van der Waals surface area contributed by atoms with Gasteiger partial charge in [-0.3, -0.25) is 5.10 Å². The first kappa shape index (κ1) is 15.7. The van der Waals surface area contributed by atoms with Gasteiger partial charge in [-0.1, -0.05) is 0 Å². The molecular weight excluding hydrogens is 320 g/mol. The molecule has 1 atom stereocenters. The Morgan fingerprint density at radius 3 is 2.71 bits per heavy atom. The number of hydrogen-bond donors (Lipinski definition) is 3. The van der Waals surface area contributed by atoms with Crippen LogP contribution in [-0.4, -0.2) is 26.7 Å². The molecule has 24 heavy (non-hydrogen) atoms. The molecule has 0 radical (unpaired) electrons. The SMILES string of the molecule is Cc1n[nH]c(C)c1-c1nc(C(N)CN)c2c3c(sc2n1)CCCC3. The molecule has 5 N–H and O–H groups in total. The Morgan fingerprint density at radius 2 is 2.00 bits per heavy atom. The lowest BCUT2D eigenvalue weighted by molar-refractivity contribution is 0.693. The fourth-order valence-corrected chi connectivity index (χ4v) is 4.83. The number of thiophene rings is 1. The lowest BCUT2D eigenvalue weighted by atomic mass is 9.95. The zero-order valence-corrected chi connectivity index (χ0v) is 14.8. The van der Waals surface area contributed by atoms with Crippen LogP contribution in [0.4, 0.5) is 0 Å². The van der Waals surface area contributed by atoms with Crippen LogP contribution in [0.3, 0.4) is 0 Å². The minimum Gasteiger partial charge on any atom is -0.329 e. The number of nitrogens with two attached hydrogens (primary N) is 2. The van der Waals surface area contributed by atoms with E-state index >= 15 is 0 Å². The van der Waals surface area contributed by atoms with Crippen LogP contribution in [-0.2, 0) is 12.8 Å². The minimum absolute atomic E-state index is 0.276. The van der Waals surface area contributed by atoms with E-state index < -0.39 is 0 Å². The van der Waals surface area contributed by atoms with Crippen molar-refractivity contribution < 1.29 is 0 Å². The minimum atomic E-state index is -0.276. The summed E-state index contributed by atoms with van der Waals surface area (Å²) in [5.74, 6) is 0.698. The van der Waals surface area contributed by atoms with Gasteiger partial charge in [0.2, 0.25) is 0 Å². The Bertz CT molecular complexity index is 890. The van der Waals surface area contributed by atoms with Gasteiger partial charge in [0.15, 0.2) is 5.82 Å². The van der Waals surface area contributed by atoms with Crippen LogP contribution in [0.2, 0.25) is 0 Å². The molecule has 1 aliphatic carbocycles. The van der Waals surface area contributed by atoms with Crippen molar-refractivity contribution in [3.8, 4) is 11.4 Å². The molecule has 0 aromatic carbocycles. The first-order valence-electron chi connectivity index (χ1n) is 8.40. The summed E-state index contributed by atoms with van der Waals surface area (Å²) in [6, 6.07) is -0.276. The number of aromatic nitrogens is 4. The molecule has 126 valence electrons. The highest BCUT2D eigenvalue weighted by Crippen LogP contribution is 2.39. The molecule has 0 spiro atoms. The van der Waals surface area contributed by atoms with Gasteiger partial charge < -0.3 is 11.5 Å². The summed E-state index contributed by atoms with van der Waals surface area (Å²) in [6.07, 6.45) is 4.69. The van der Waals surface area contributed by atoms with Gasteiger partial charge in [0, 0.05) is 22.5 Å². The molecule has 0 aliphatic heterocycles. The normalized spacial score (nSPS) is 15.7. The smallest absolute Gasteiger partial charge is 0.164 e. The number of hydrogen-bond acceptors (Lipinski definition) is 6. The second-order valence-corrected chi connectivity index (χ2v) is 7.56. The quantitative estimate of drug-likeness (QED) is 0.678. The first-order valence-corrected chi connectivity index (χ1v) is 9.21. The Morgan fingerprint density at radius 1 is 1.21 bits per heavy atom. The van der Waals surface area contributed by atoms with E-state index in [1.807, 2.05) is 13.8 Å². The molecule has 0 fully saturated rings. The highest BCUT2D eigenvalue weighted by atomic mass is 32.1. The molecular formula is C17H22N6S. The summed E-state index contributed by atoms with van der Waals surface area (Å²) < 4.78 is 0. The van der Waals surface area contributed by atoms with Crippen LogP contribution in [0.15, 0.2) is 0 Å². The van der Waals surface area contributed by atoms with Crippen molar-refractivity contribution in [2.45, 2.75) is 45.6 Å². The summed E-state index contributed by atoms with van der Waals surface area (Å²) in [4.78, 5) is 12.2. The largest absolute Gasteiger partial charge is 0.329 e. The third-order valence-electron chi connectivity index (χ3n) is 4.80. The highest BCUT2D eigenvalue weighted by Gasteiger charge is 2.24. The van der Waals surface area contributed by atoms with E-state index in [1.54, 1.807) is 11.3 Å². The van der Waals surface area contributed by atoms with Crippen LogP contribution in [0, 0.1) is 13.8 Å². The first-order chi connectivity index (χ1) is 11.6. The van der Waals surface area contributed by atoms with Crippen molar-refractivity contribution in [3.05, 3.63) is 27.5 Å². The maximum Gasteiger partial charge on any atom is 0.164 e. The predicted octanol–water partition coefficient (Wildman–Crippen LogP) is 2.54. The van der Waals surface area contributed by atoms with Gasteiger partial charge in [-0.05, 0) is 45.1 Å². The zero-order chi connectivity index (χ0) is 16.8. The van der Waals surface area contributed by atoms with Crippen molar-refractivity contribution in [1.82, 2.24) is 20.2 Å². The van der Waals surface area contributed by atoms with E-state index in [9.17, 15) is 0 Å². The number of aromatic amines is 1. The summed E-state index contributed by atoms with van der Waals surface area (Å²) in [6.45, 7) is 4.33. The standard InChI is InChI=1S/C17H22N6S/c1-8-13(9(2)23-22-8)16-20-15(11(19)7-18)14-10-5-3-4-6-12(10)24-17(14)21-16/h11H,3-7,18-19H2,1-2H3,(H,22,23). The maximum atomic E-state index is 6.32. The molecule has 4 rings (SSSR count). The molecule has 6 nitrogen and oxygen atoms in total. The maximum absolute atomic E-state index is 6.32. The van der Waals surface area contributed by atoms with Crippen LogP contribution in [0.1, 0.15) is 46.4 Å². The van der Waals surface area contributed by atoms with E-state index in [1.165, 1.54) is 23.3 Å². The van der Waals surface area contributed by atoms with Crippen molar-refractivity contribution in [2.75, 3.05) is 6.54 Å². The Kier molecular flexibility index (Phi) is 3.86. The lowest BCUT2D eigenvalue weighted by Gasteiger charge is -2.15. The monoisotopic (exact) mass is 342 g/mol. The molecule has 0 bridgehead atoms. The van der Waals surface area contributed by atoms with Crippen molar-refractivity contribution in [1.29, 1.82) is 0 Å². The van der Waals surface area contributed by atoms with Crippen LogP contribution in [0.5, 0.6) is 0 Å². The summed E-state index contributed by atoms with van der Waals surface area (Å²) >= 11 is 1.79. The Hall–Kier alpha value is -1.83. The molecule has 0 amide bonds. The second-order valence-electron chi connectivity index (χ2n) is 6.47. The van der Waals surface area contributed by atoms with Gasteiger partial charge in [-0.2, -0.15) is 5.10 Å². The summed E-state index contributed by atoms with van der Waals surface area (Å²) in [5.41, 5.74) is 17.3. The fraction of sp³-hybridized carbons (Fsp3) is 0.471. The number of nitrogens with zero attached hydrogens (tertiary/aromatic N) is 3. The molecule has 0 saturated heterocycles. The summed E-state index contributed by atoms with van der Waals surface area (Å²) in [5, 5.41) is 8.44. The van der Waals surface area contributed by atoms with Crippen molar-refractivity contribution in [3.63, 3.8) is 0 Å². The third-order valence-corrected chi connectivity index (χ3v) is 5.99. The third kappa shape index (κ3) is 2.35. The fourth-order valence-electron chi connectivity index (χ4n) is 3.56. The van der Waals surface area contributed by atoms with Crippen LogP contribution >= 0.6 is 11.3 Å². The molecule has 0 saturated carbocycles. The van der Waals surface area contributed by atoms with E-state index in [0.717, 1.165) is 45.7 Å². The van der Waals surface area contributed by atoms with E-state index in [2.05, 4.69) is 10.2 Å². The molecule has 3 aromatic rings. The van der Waals surface area contributed by atoms with Crippen molar-refractivity contribution in [2.24, 2.45) is 11.5 Å². The van der Waals surface area contributed by atoms with E-state index in [0.29, 0.717) is 12.4 Å². The average Bonchev–Trinajstić information content (AvgIpc) is 3.12. The number of fused-ring (bicyclic) bond motifs is 3.